The van der Waals surface area contributed by atoms with Crippen molar-refractivity contribution in [1.82, 2.24) is 5.32 Å². The SMILES string of the molecule is COc1c(C)cc(C(C)(C)CNCN)cc1C. The maximum atomic E-state index is 5.49. The Labute approximate surface area is 104 Å². The lowest BCUT2D eigenvalue weighted by Gasteiger charge is -2.27. The van der Waals surface area contributed by atoms with E-state index < -0.39 is 0 Å². The van der Waals surface area contributed by atoms with Crippen LogP contribution in [-0.4, -0.2) is 20.3 Å². The number of hydrogen-bond acceptors (Lipinski definition) is 3. The van der Waals surface area contributed by atoms with Crippen molar-refractivity contribution in [3.63, 3.8) is 0 Å². The van der Waals surface area contributed by atoms with E-state index in [4.69, 9.17) is 10.5 Å². The van der Waals surface area contributed by atoms with Crippen LogP contribution in [0.2, 0.25) is 0 Å². The first kappa shape index (κ1) is 14.0. The molecule has 96 valence electrons. The molecule has 3 N–H and O–H groups in total. The molecule has 1 aromatic rings. The molecule has 0 fully saturated rings. The fourth-order valence-electron chi connectivity index (χ4n) is 2.15. The summed E-state index contributed by atoms with van der Waals surface area (Å²) in [5, 5.41) is 3.20. The van der Waals surface area contributed by atoms with Crippen LogP contribution in [0.4, 0.5) is 0 Å². The Balaban J connectivity index is 3.07. The van der Waals surface area contributed by atoms with Gasteiger partial charge in [0.2, 0.25) is 0 Å². The Morgan fingerprint density at radius 2 is 1.76 bits per heavy atom. The third-order valence-electron chi connectivity index (χ3n) is 3.16. The van der Waals surface area contributed by atoms with Crippen molar-refractivity contribution < 1.29 is 4.74 Å². The number of benzene rings is 1. The fourth-order valence-corrected chi connectivity index (χ4v) is 2.15. The van der Waals surface area contributed by atoms with Crippen LogP contribution in [0.15, 0.2) is 12.1 Å². The van der Waals surface area contributed by atoms with Gasteiger partial charge in [-0.2, -0.15) is 0 Å². The fraction of sp³-hybridized carbons (Fsp3) is 0.571. The third-order valence-corrected chi connectivity index (χ3v) is 3.16. The van der Waals surface area contributed by atoms with Crippen molar-refractivity contribution >= 4 is 0 Å². The second-order valence-electron chi connectivity index (χ2n) is 5.16. The highest BCUT2D eigenvalue weighted by Crippen LogP contribution is 2.30. The Bertz CT molecular complexity index is 363. The van der Waals surface area contributed by atoms with Gasteiger partial charge in [0, 0.05) is 18.6 Å². The number of methoxy groups -OCH3 is 1. The second kappa shape index (κ2) is 5.52. The summed E-state index contributed by atoms with van der Waals surface area (Å²) >= 11 is 0. The van der Waals surface area contributed by atoms with E-state index in [0.717, 1.165) is 12.3 Å². The molecule has 0 radical (unpaired) electrons. The highest BCUT2D eigenvalue weighted by molar-refractivity contribution is 5.45. The number of rotatable bonds is 5. The molecule has 0 spiro atoms. The summed E-state index contributed by atoms with van der Waals surface area (Å²) in [7, 11) is 1.72. The highest BCUT2D eigenvalue weighted by atomic mass is 16.5. The average molecular weight is 236 g/mol. The molecule has 17 heavy (non-hydrogen) atoms. The normalized spacial score (nSPS) is 11.6. The average Bonchev–Trinajstić information content (AvgIpc) is 2.26. The third kappa shape index (κ3) is 3.20. The molecule has 0 aliphatic carbocycles. The Morgan fingerprint density at radius 1 is 1.24 bits per heavy atom. The number of nitrogens with one attached hydrogen (secondary N) is 1. The minimum absolute atomic E-state index is 0.0706. The van der Waals surface area contributed by atoms with Crippen molar-refractivity contribution in [2.45, 2.75) is 33.1 Å². The molecule has 0 aromatic heterocycles. The number of ether oxygens (including phenoxy) is 1. The molecule has 0 aliphatic heterocycles. The summed E-state index contributed by atoms with van der Waals surface area (Å²) in [5.41, 5.74) is 9.24. The zero-order valence-corrected chi connectivity index (χ0v) is 11.6. The van der Waals surface area contributed by atoms with Gasteiger partial charge in [0.05, 0.1) is 7.11 Å². The van der Waals surface area contributed by atoms with Crippen molar-refractivity contribution in [2.75, 3.05) is 20.3 Å². The quantitative estimate of drug-likeness (QED) is 0.770. The first-order chi connectivity index (χ1) is 7.92. The van der Waals surface area contributed by atoms with Gasteiger partial charge in [0.1, 0.15) is 5.75 Å². The molecule has 1 aromatic carbocycles. The van der Waals surface area contributed by atoms with E-state index in [-0.39, 0.29) is 5.41 Å². The van der Waals surface area contributed by atoms with E-state index >= 15 is 0 Å². The maximum absolute atomic E-state index is 5.49. The van der Waals surface area contributed by atoms with Crippen LogP contribution in [0.3, 0.4) is 0 Å². The predicted molar refractivity (Wildman–Crippen MR) is 72.6 cm³/mol. The van der Waals surface area contributed by atoms with Gasteiger partial charge in [0.25, 0.3) is 0 Å². The molecule has 0 heterocycles. The lowest BCUT2D eigenvalue weighted by Crippen LogP contribution is -2.36. The van der Waals surface area contributed by atoms with Crippen LogP contribution < -0.4 is 15.8 Å². The van der Waals surface area contributed by atoms with E-state index in [1.54, 1.807) is 7.11 Å². The molecule has 0 atom stereocenters. The second-order valence-corrected chi connectivity index (χ2v) is 5.16. The molecule has 0 aliphatic rings. The molecule has 3 nitrogen and oxygen atoms in total. The van der Waals surface area contributed by atoms with Crippen LogP contribution in [-0.2, 0) is 5.41 Å². The van der Waals surface area contributed by atoms with E-state index in [9.17, 15) is 0 Å². The van der Waals surface area contributed by atoms with Gasteiger partial charge in [0.15, 0.2) is 0 Å². The van der Waals surface area contributed by atoms with Gasteiger partial charge >= 0.3 is 0 Å². The standard InChI is InChI=1S/C14H24N2O/c1-10-6-12(7-11(2)13(10)17-5)14(3,4)8-16-9-15/h6-7,16H,8-9,15H2,1-5H3. The van der Waals surface area contributed by atoms with Crippen molar-refractivity contribution in [3.05, 3.63) is 28.8 Å². The zero-order chi connectivity index (χ0) is 13.1. The van der Waals surface area contributed by atoms with Gasteiger partial charge in [-0.05, 0) is 30.5 Å². The van der Waals surface area contributed by atoms with E-state index in [2.05, 4.69) is 45.1 Å². The van der Waals surface area contributed by atoms with Crippen molar-refractivity contribution in [3.8, 4) is 5.75 Å². The Kier molecular flexibility index (Phi) is 4.54. The molecule has 3 heteroatoms. The zero-order valence-electron chi connectivity index (χ0n) is 11.6. The van der Waals surface area contributed by atoms with Crippen LogP contribution in [0.25, 0.3) is 0 Å². The van der Waals surface area contributed by atoms with Gasteiger partial charge in [-0.1, -0.05) is 26.0 Å². The number of hydrogen-bond donors (Lipinski definition) is 2. The summed E-state index contributed by atoms with van der Waals surface area (Å²) in [5.74, 6) is 0.983. The van der Waals surface area contributed by atoms with E-state index in [1.165, 1.54) is 16.7 Å². The molecule has 1 rings (SSSR count). The summed E-state index contributed by atoms with van der Waals surface area (Å²) in [6, 6.07) is 4.40. The van der Waals surface area contributed by atoms with Gasteiger partial charge in [-0.3, -0.25) is 0 Å². The summed E-state index contributed by atoms with van der Waals surface area (Å²) < 4.78 is 5.39. The first-order valence-corrected chi connectivity index (χ1v) is 5.99. The molecule has 0 saturated carbocycles. The van der Waals surface area contributed by atoms with Gasteiger partial charge < -0.3 is 15.8 Å². The molecule has 0 unspecified atom stereocenters. The summed E-state index contributed by atoms with van der Waals surface area (Å²) in [6.07, 6.45) is 0. The molecule has 0 amide bonds. The van der Waals surface area contributed by atoms with Crippen LogP contribution in [0, 0.1) is 13.8 Å². The van der Waals surface area contributed by atoms with Crippen molar-refractivity contribution in [1.29, 1.82) is 0 Å². The van der Waals surface area contributed by atoms with E-state index in [0.29, 0.717) is 6.67 Å². The topological polar surface area (TPSA) is 47.3 Å². The first-order valence-electron chi connectivity index (χ1n) is 5.99. The molecule has 0 bridgehead atoms. The lowest BCUT2D eigenvalue weighted by molar-refractivity contribution is 0.407. The largest absolute Gasteiger partial charge is 0.496 e. The maximum Gasteiger partial charge on any atom is 0.124 e. The Morgan fingerprint density at radius 3 is 2.18 bits per heavy atom. The monoisotopic (exact) mass is 236 g/mol. The Hall–Kier alpha value is -1.06. The molecular formula is C14H24N2O. The molecule has 0 saturated heterocycles. The van der Waals surface area contributed by atoms with Gasteiger partial charge in [-0.15, -0.1) is 0 Å². The van der Waals surface area contributed by atoms with Crippen LogP contribution >= 0.6 is 0 Å². The highest BCUT2D eigenvalue weighted by Gasteiger charge is 2.21. The van der Waals surface area contributed by atoms with E-state index in [1.807, 2.05) is 0 Å². The van der Waals surface area contributed by atoms with Crippen molar-refractivity contribution in [2.24, 2.45) is 5.73 Å². The minimum atomic E-state index is 0.0706. The molecular weight excluding hydrogens is 212 g/mol. The smallest absolute Gasteiger partial charge is 0.124 e. The van der Waals surface area contributed by atoms with Gasteiger partial charge in [-0.25, -0.2) is 0 Å². The lowest BCUT2D eigenvalue weighted by atomic mass is 9.83. The minimum Gasteiger partial charge on any atom is -0.496 e. The number of aryl methyl sites for hydroxylation is 2. The summed E-state index contributed by atoms with van der Waals surface area (Å²) in [6.45, 7) is 9.99. The van der Waals surface area contributed by atoms with Crippen LogP contribution in [0.1, 0.15) is 30.5 Å². The van der Waals surface area contributed by atoms with Crippen LogP contribution in [0.5, 0.6) is 5.75 Å². The predicted octanol–water partition coefficient (Wildman–Crippen LogP) is 2.10. The summed E-state index contributed by atoms with van der Waals surface area (Å²) in [4.78, 5) is 0. The number of nitrogens with two attached hydrogens (primary N) is 1.